The van der Waals surface area contributed by atoms with Gasteiger partial charge in [0.2, 0.25) is 0 Å². The molecule has 1 unspecified atom stereocenters. The molecule has 3 rings (SSSR count). The molecule has 6 heteroatoms. The minimum atomic E-state index is 0.356. The van der Waals surface area contributed by atoms with Gasteiger partial charge in [0.1, 0.15) is 12.1 Å². The average molecular weight is 260 g/mol. The molecule has 2 aromatic rings. The number of anilines is 1. The monoisotopic (exact) mass is 260 g/mol. The van der Waals surface area contributed by atoms with Crippen LogP contribution in [0.1, 0.15) is 24.6 Å². The fourth-order valence-electron chi connectivity index (χ4n) is 2.80. The highest BCUT2D eigenvalue weighted by Crippen LogP contribution is 2.28. The van der Waals surface area contributed by atoms with E-state index < -0.39 is 0 Å². The molecule has 0 fully saturated rings. The van der Waals surface area contributed by atoms with E-state index in [0.717, 1.165) is 25.2 Å². The van der Waals surface area contributed by atoms with Crippen LogP contribution < -0.4 is 5.32 Å². The van der Waals surface area contributed by atoms with Crippen molar-refractivity contribution in [1.82, 2.24) is 24.5 Å². The van der Waals surface area contributed by atoms with E-state index in [-0.39, 0.29) is 0 Å². The van der Waals surface area contributed by atoms with Crippen molar-refractivity contribution in [1.29, 1.82) is 0 Å². The van der Waals surface area contributed by atoms with Gasteiger partial charge in [-0.05, 0) is 40.3 Å². The minimum Gasteiger partial charge on any atom is -0.366 e. The molecule has 6 nitrogen and oxygen atoms in total. The van der Waals surface area contributed by atoms with Gasteiger partial charge >= 0.3 is 0 Å². The maximum absolute atomic E-state index is 4.58. The summed E-state index contributed by atoms with van der Waals surface area (Å²) in [5, 5.41) is 7.88. The van der Waals surface area contributed by atoms with E-state index in [1.165, 1.54) is 17.7 Å². The first kappa shape index (κ1) is 12.3. The van der Waals surface area contributed by atoms with Crippen LogP contribution in [0.5, 0.6) is 0 Å². The Morgan fingerprint density at radius 3 is 3.05 bits per heavy atom. The van der Waals surface area contributed by atoms with Gasteiger partial charge in [0, 0.05) is 18.2 Å². The van der Waals surface area contributed by atoms with Crippen LogP contribution in [0.15, 0.2) is 6.33 Å². The highest BCUT2D eigenvalue weighted by molar-refractivity contribution is 5.54. The molecule has 0 aliphatic heterocycles. The standard InChI is InChI=1S/C13H20N6/c1-9(7-18(2)3)16-12-10-5-4-6-11(10)17-13-14-8-15-19(12)13/h8-9,16H,4-7H2,1-3H3. The lowest BCUT2D eigenvalue weighted by molar-refractivity contribution is 0.391. The van der Waals surface area contributed by atoms with E-state index in [1.807, 2.05) is 4.52 Å². The number of hydrogen-bond donors (Lipinski definition) is 1. The van der Waals surface area contributed by atoms with Crippen molar-refractivity contribution in [2.24, 2.45) is 0 Å². The first-order chi connectivity index (χ1) is 9.15. The van der Waals surface area contributed by atoms with Gasteiger partial charge in [-0.2, -0.15) is 14.6 Å². The summed E-state index contributed by atoms with van der Waals surface area (Å²) in [7, 11) is 4.17. The zero-order valence-electron chi connectivity index (χ0n) is 11.7. The summed E-state index contributed by atoms with van der Waals surface area (Å²) < 4.78 is 1.83. The summed E-state index contributed by atoms with van der Waals surface area (Å²) in [6, 6.07) is 0.356. The third-order valence-corrected chi connectivity index (χ3v) is 3.47. The lowest BCUT2D eigenvalue weighted by atomic mass is 10.2. The number of aromatic nitrogens is 4. The molecule has 1 aliphatic rings. The molecule has 0 saturated carbocycles. The second kappa shape index (κ2) is 4.77. The molecule has 1 N–H and O–H groups in total. The molecule has 0 radical (unpaired) electrons. The summed E-state index contributed by atoms with van der Waals surface area (Å²) in [4.78, 5) is 11.0. The van der Waals surface area contributed by atoms with E-state index in [2.05, 4.69) is 46.3 Å². The summed E-state index contributed by atoms with van der Waals surface area (Å²) in [5.41, 5.74) is 2.49. The number of likely N-dealkylation sites (N-methyl/N-ethyl adjacent to an activating group) is 1. The number of nitrogens with one attached hydrogen (secondary N) is 1. The van der Waals surface area contributed by atoms with Crippen molar-refractivity contribution < 1.29 is 0 Å². The molecule has 0 saturated heterocycles. The molecule has 0 bridgehead atoms. The second-order valence-electron chi connectivity index (χ2n) is 5.52. The first-order valence-electron chi connectivity index (χ1n) is 6.78. The van der Waals surface area contributed by atoms with E-state index in [9.17, 15) is 0 Å². The summed E-state index contributed by atoms with van der Waals surface area (Å²) in [6.45, 7) is 3.16. The summed E-state index contributed by atoms with van der Waals surface area (Å²) in [5.74, 6) is 1.77. The maximum atomic E-state index is 4.58. The van der Waals surface area contributed by atoms with E-state index in [4.69, 9.17) is 0 Å². The van der Waals surface area contributed by atoms with Gasteiger partial charge in [0.05, 0.1) is 5.69 Å². The zero-order chi connectivity index (χ0) is 13.4. The van der Waals surface area contributed by atoms with E-state index >= 15 is 0 Å². The predicted octanol–water partition coefficient (Wildman–Crippen LogP) is 0.975. The van der Waals surface area contributed by atoms with Crippen molar-refractivity contribution >= 4 is 11.6 Å². The number of fused-ring (bicyclic) bond motifs is 2. The predicted molar refractivity (Wildman–Crippen MR) is 74.4 cm³/mol. The van der Waals surface area contributed by atoms with Crippen molar-refractivity contribution in [3.05, 3.63) is 17.6 Å². The minimum absolute atomic E-state index is 0.356. The number of hydrogen-bond acceptors (Lipinski definition) is 5. The molecule has 2 aromatic heterocycles. The van der Waals surface area contributed by atoms with Crippen molar-refractivity contribution in [3.63, 3.8) is 0 Å². The van der Waals surface area contributed by atoms with E-state index in [0.29, 0.717) is 11.8 Å². The molecular weight excluding hydrogens is 240 g/mol. The molecule has 0 spiro atoms. The highest BCUT2D eigenvalue weighted by Gasteiger charge is 2.21. The third kappa shape index (κ3) is 2.28. The van der Waals surface area contributed by atoms with Crippen LogP contribution in [-0.2, 0) is 12.8 Å². The van der Waals surface area contributed by atoms with Gasteiger partial charge < -0.3 is 10.2 Å². The van der Waals surface area contributed by atoms with Gasteiger partial charge in [-0.25, -0.2) is 4.98 Å². The van der Waals surface area contributed by atoms with E-state index in [1.54, 1.807) is 6.33 Å². The number of aryl methyl sites for hydroxylation is 1. The summed E-state index contributed by atoms with van der Waals surface area (Å²) in [6.07, 6.45) is 4.87. The second-order valence-corrected chi connectivity index (χ2v) is 5.52. The van der Waals surface area contributed by atoms with Crippen LogP contribution in [0.25, 0.3) is 5.78 Å². The Balaban J connectivity index is 1.99. The fraction of sp³-hybridized carbons (Fsp3) is 0.615. The Hall–Kier alpha value is -1.69. The Kier molecular flexibility index (Phi) is 3.10. The van der Waals surface area contributed by atoms with Gasteiger partial charge in [-0.1, -0.05) is 0 Å². The Morgan fingerprint density at radius 2 is 2.26 bits per heavy atom. The fourth-order valence-corrected chi connectivity index (χ4v) is 2.80. The highest BCUT2D eigenvalue weighted by atomic mass is 15.4. The van der Waals surface area contributed by atoms with Gasteiger partial charge in [0.15, 0.2) is 0 Å². The van der Waals surface area contributed by atoms with Crippen LogP contribution in [0.3, 0.4) is 0 Å². The lowest BCUT2D eigenvalue weighted by Gasteiger charge is -2.21. The largest absolute Gasteiger partial charge is 0.366 e. The van der Waals surface area contributed by atoms with Crippen LogP contribution in [0, 0.1) is 0 Å². The molecule has 0 amide bonds. The molecule has 1 aliphatic carbocycles. The molecular formula is C13H20N6. The van der Waals surface area contributed by atoms with Crippen molar-refractivity contribution in [3.8, 4) is 0 Å². The first-order valence-corrected chi connectivity index (χ1v) is 6.78. The molecule has 1 atom stereocenters. The maximum Gasteiger partial charge on any atom is 0.254 e. The smallest absolute Gasteiger partial charge is 0.254 e. The third-order valence-electron chi connectivity index (χ3n) is 3.47. The van der Waals surface area contributed by atoms with Crippen molar-refractivity contribution in [2.75, 3.05) is 26.0 Å². The topological polar surface area (TPSA) is 58.3 Å². The van der Waals surface area contributed by atoms with Crippen LogP contribution in [0.2, 0.25) is 0 Å². The molecule has 2 heterocycles. The molecule has 0 aromatic carbocycles. The Labute approximate surface area is 112 Å². The van der Waals surface area contributed by atoms with Crippen LogP contribution in [-0.4, -0.2) is 51.2 Å². The number of nitrogens with zero attached hydrogens (tertiary/aromatic N) is 5. The van der Waals surface area contributed by atoms with Gasteiger partial charge in [0.25, 0.3) is 5.78 Å². The lowest BCUT2D eigenvalue weighted by Crippen LogP contribution is -2.31. The van der Waals surface area contributed by atoms with Gasteiger partial charge in [-0.3, -0.25) is 0 Å². The SMILES string of the molecule is CC(CN(C)C)Nc1c2c(nc3ncnn13)CCC2. The molecule has 19 heavy (non-hydrogen) atoms. The van der Waals surface area contributed by atoms with Gasteiger partial charge in [-0.15, -0.1) is 0 Å². The average Bonchev–Trinajstić information content (AvgIpc) is 2.94. The van der Waals surface area contributed by atoms with Crippen LogP contribution in [0.4, 0.5) is 5.82 Å². The van der Waals surface area contributed by atoms with Crippen molar-refractivity contribution in [2.45, 2.75) is 32.2 Å². The molecule has 102 valence electrons. The Bertz CT molecular complexity index is 588. The number of rotatable bonds is 4. The normalized spacial score (nSPS) is 16.0. The quantitative estimate of drug-likeness (QED) is 0.888. The zero-order valence-corrected chi connectivity index (χ0v) is 11.7. The van der Waals surface area contributed by atoms with Crippen LogP contribution >= 0.6 is 0 Å². The Morgan fingerprint density at radius 1 is 1.42 bits per heavy atom. The summed E-state index contributed by atoms with van der Waals surface area (Å²) >= 11 is 0.